The number of halogens is 1. The lowest BCUT2D eigenvalue weighted by atomic mass is 10.2. The first kappa shape index (κ1) is 10.2. The van der Waals surface area contributed by atoms with Crippen LogP contribution in [0, 0.1) is 0 Å². The fraction of sp³-hybridized carbons (Fsp3) is 0.167. The maximum absolute atomic E-state index is 5.69. The zero-order chi connectivity index (χ0) is 11.0. The SMILES string of the molecule is Brc1sc(-c2ccccc2)c2c1OCCO2. The van der Waals surface area contributed by atoms with E-state index in [9.17, 15) is 0 Å². The second kappa shape index (κ2) is 4.11. The molecular formula is C12H9BrO2S. The molecule has 1 aliphatic rings. The summed E-state index contributed by atoms with van der Waals surface area (Å²) in [6.07, 6.45) is 0. The molecule has 0 N–H and O–H groups in total. The van der Waals surface area contributed by atoms with Gasteiger partial charge in [-0.3, -0.25) is 0 Å². The molecule has 1 aromatic carbocycles. The van der Waals surface area contributed by atoms with Gasteiger partial charge in [-0.2, -0.15) is 0 Å². The van der Waals surface area contributed by atoms with E-state index in [0.29, 0.717) is 13.2 Å². The summed E-state index contributed by atoms with van der Waals surface area (Å²) in [5, 5.41) is 0. The van der Waals surface area contributed by atoms with Crippen LogP contribution in [0.4, 0.5) is 0 Å². The van der Waals surface area contributed by atoms with Crippen molar-refractivity contribution in [3.8, 4) is 21.9 Å². The number of fused-ring (bicyclic) bond motifs is 1. The standard InChI is InChI=1S/C12H9BrO2S/c13-12-10-9(14-6-7-15-10)11(16-12)8-4-2-1-3-5-8/h1-5H,6-7H2. The van der Waals surface area contributed by atoms with Gasteiger partial charge in [0.2, 0.25) is 0 Å². The largest absolute Gasteiger partial charge is 0.485 e. The van der Waals surface area contributed by atoms with Gasteiger partial charge in [-0.1, -0.05) is 30.3 Å². The number of rotatable bonds is 1. The van der Waals surface area contributed by atoms with Gasteiger partial charge in [0.15, 0.2) is 11.5 Å². The van der Waals surface area contributed by atoms with Crippen LogP contribution in [-0.2, 0) is 0 Å². The summed E-state index contributed by atoms with van der Waals surface area (Å²) in [7, 11) is 0. The quantitative estimate of drug-likeness (QED) is 0.793. The predicted molar refractivity (Wildman–Crippen MR) is 68.4 cm³/mol. The van der Waals surface area contributed by atoms with E-state index in [1.54, 1.807) is 11.3 Å². The van der Waals surface area contributed by atoms with Crippen LogP contribution in [0.25, 0.3) is 10.4 Å². The molecule has 3 rings (SSSR count). The third-order valence-electron chi connectivity index (χ3n) is 2.39. The molecule has 82 valence electrons. The van der Waals surface area contributed by atoms with Crippen molar-refractivity contribution in [2.75, 3.05) is 13.2 Å². The van der Waals surface area contributed by atoms with Gasteiger partial charge in [0, 0.05) is 0 Å². The van der Waals surface area contributed by atoms with E-state index in [-0.39, 0.29) is 0 Å². The van der Waals surface area contributed by atoms with Gasteiger partial charge in [-0.05, 0) is 21.5 Å². The molecule has 0 unspecified atom stereocenters. The van der Waals surface area contributed by atoms with E-state index >= 15 is 0 Å². The van der Waals surface area contributed by atoms with Gasteiger partial charge < -0.3 is 9.47 Å². The van der Waals surface area contributed by atoms with Crippen molar-refractivity contribution in [1.29, 1.82) is 0 Å². The van der Waals surface area contributed by atoms with Crippen molar-refractivity contribution in [3.05, 3.63) is 34.1 Å². The van der Waals surface area contributed by atoms with E-state index in [0.717, 1.165) is 20.2 Å². The molecule has 2 nitrogen and oxygen atoms in total. The maximum Gasteiger partial charge on any atom is 0.187 e. The van der Waals surface area contributed by atoms with Crippen LogP contribution in [0.1, 0.15) is 0 Å². The van der Waals surface area contributed by atoms with Crippen molar-refractivity contribution < 1.29 is 9.47 Å². The predicted octanol–water partition coefficient (Wildman–Crippen LogP) is 3.95. The number of hydrogen-bond acceptors (Lipinski definition) is 3. The zero-order valence-corrected chi connectivity index (χ0v) is 10.8. The van der Waals surface area contributed by atoms with Crippen LogP contribution in [0.2, 0.25) is 0 Å². The van der Waals surface area contributed by atoms with Gasteiger partial charge in [-0.15, -0.1) is 11.3 Å². The number of ether oxygens (including phenoxy) is 2. The molecular weight excluding hydrogens is 288 g/mol. The summed E-state index contributed by atoms with van der Waals surface area (Å²) in [6, 6.07) is 10.2. The Hall–Kier alpha value is -1.00. The second-order valence-corrected chi connectivity index (χ2v) is 5.76. The first-order chi connectivity index (χ1) is 7.86. The van der Waals surface area contributed by atoms with Gasteiger partial charge in [0.05, 0.1) is 4.88 Å². The minimum atomic E-state index is 0.621. The minimum Gasteiger partial charge on any atom is -0.485 e. The van der Waals surface area contributed by atoms with Crippen LogP contribution in [0.3, 0.4) is 0 Å². The topological polar surface area (TPSA) is 18.5 Å². The number of thiophene rings is 1. The van der Waals surface area contributed by atoms with Crippen LogP contribution in [0.15, 0.2) is 34.1 Å². The van der Waals surface area contributed by atoms with E-state index in [1.165, 1.54) is 5.56 Å². The average molecular weight is 297 g/mol. The molecule has 0 saturated carbocycles. The van der Waals surface area contributed by atoms with Gasteiger partial charge in [0.1, 0.15) is 17.0 Å². The molecule has 0 atom stereocenters. The third kappa shape index (κ3) is 1.62. The molecule has 0 fully saturated rings. The highest BCUT2D eigenvalue weighted by Crippen LogP contribution is 2.51. The lowest BCUT2D eigenvalue weighted by Crippen LogP contribution is -2.14. The Kier molecular flexibility index (Phi) is 2.61. The molecule has 0 saturated heterocycles. The highest BCUT2D eigenvalue weighted by Gasteiger charge is 2.23. The van der Waals surface area contributed by atoms with Crippen LogP contribution in [-0.4, -0.2) is 13.2 Å². The maximum atomic E-state index is 5.69. The summed E-state index contributed by atoms with van der Waals surface area (Å²) < 4.78 is 12.3. The van der Waals surface area contributed by atoms with Crippen molar-refractivity contribution in [1.82, 2.24) is 0 Å². The molecule has 2 aromatic rings. The number of hydrogen-bond donors (Lipinski definition) is 0. The minimum absolute atomic E-state index is 0.621. The highest BCUT2D eigenvalue weighted by molar-refractivity contribution is 9.11. The smallest absolute Gasteiger partial charge is 0.187 e. The van der Waals surface area contributed by atoms with Crippen molar-refractivity contribution >= 4 is 27.3 Å². The molecule has 1 aromatic heterocycles. The Labute approximate surface area is 106 Å². The summed E-state index contributed by atoms with van der Waals surface area (Å²) in [4.78, 5) is 1.13. The van der Waals surface area contributed by atoms with Gasteiger partial charge in [-0.25, -0.2) is 0 Å². The van der Waals surface area contributed by atoms with Crippen molar-refractivity contribution in [2.45, 2.75) is 0 Å². The van der Waals surface area contributed by atoms with Gasteiger partial charge in [0.25, 0.3) is 0 Å². The molecule has 2 heterocycles. The average Bonchev–Trinajstić information content (AvgIpc) is 2.69. The van der Waals surface area contributed by atoms with E-state index in [2.05, 4.69) is 28.1 Å². The van der Waals surface area contributed by atoms with E-state index < -0.39 is 0 Å². The Morgan fingerprint density at radius 2 is 1.69 bits per heavy atom. The fourth-order valence-corrected chi connectivity index (χ4v) is 3.40. The molecule has 0 radical (unpaired) electrons. The summed E-state index contributed by atoms with van der Waals surface area (Å²) in [6.45, 7) is 1.24. The zero-order valence-electron chi connectivity index (χ0n) is 8.40. The molecule has 0 aliphatic carbocycles. The third-order valence-corrected chi connectivity index (χ3v) is 4.23. The second-order valence-electron chi connectivity index (χ2n) is 3.43. The van der Waals surface area contributed by atoms with E-state index in [4.69, 9.17) is 9.47 Å². The monoisotopic (exact) mass is 296 g/mol. The number of benzene rings is 1. The summed E-state index contributed by atoms with van der Waals surface area (Å²) in [5.41, 5.74) is 1.17. The summed E-state index contributed by atoms with van der Waals surface area (Å²) in [5.74, 6) is 1.71. The lowest BCUT2D eigenvalue weighted by Gasteiger charge is -2.16. The molecule has 4 heteroatoms. The first-order valence-electron chi connectivity index (χ1n) is 4.99. The Balaban J connectivity index is 2.15. The highest BCUT2D eigenvalue weighted by atomic mass is 79.9. The summed E-state index contributed by atoms with van der Waals surface area (Å²) >= 11 is 5.16. The molecule has 0 amide bonds. The first-order valence-corrected chi connectivity index (χ1v) is 6.60. The molecule has 0 spiro atoms. The van der Waals surface area contributed by atoms with Crippen LogP contribution in [0.5, 0.6) is 11.5 Å². The lowest BCUT2D eigenvalue weighted by molar-refractivity contribution is 0.173. The Morgan fingerprint density at radius 1 is 1.00 bits per heavy atom. The van der Waals surface area contributed by atoms with Crippen molar-refractivity contribution in [3.63, 3.8) is 0 Å². The molecule has 1 aliphatic heterocycles. The van der Waals surface area contributed by atoms with Crippen LogP contribution < -0.4 is 9.47 Å². The molecule has 0 bridgehead atoms. The van der Waals surface area contributed by atoms with Gasteiger partial charge >= 0.3 is 0 Å². The fourth-order valence-electron chi connectivity index (χ4n) is 1.70. The Bertz CT molecular complexity index is 507. The Morgan fingerprint density at radius 3 is 2.44 bits per heavy atom. The van der Waals surface area contributed by atoms with E-state index in [1.807, 2.05) is 18.2 Å². The molecule has 16 heavy (non-hydrogen) atoms. The van der Waals surface area contributed by atoms with Crippen molar-refractivity contribution in [2.24, 2.45) is 0 Å². The normalized spacial score (nSPS) is 13.8. The van der Waals surface area contributed by atoms with Crippen LogP contribution >= 0.6 is 27.3 Å².